The first-order chi connectivity index (χ1) is 13.4. The van der Waals surface area contributed by atoms with Gasteiger partial charge >= 0.3 is 6.18 Å². The number of benzene rings is 3. The lowest BCUT2D eigenvalue weighted by Gasteiger charge is -2.35. The number of alkyl halides is 3. The summed E-state index contributed by atoms with van der Waals surface area (Å²) in [6.45, 7) is 0.498. The van der Waals surface area contributed by atoms with Gasteiger partial charge in [-0.25, -0.2) is 0 Å². The van der Waals surface area contributed by atoms with Crippen LogP contribution in [0.3, 0.4) is 0 Å². The van der Waals surface area contributed by atoms with Gasteiger partial charge in [0.05, 0.1) is 6.04 Å². The highest BCUT2D eigenvalue weighted by atomic mass is 19.4. The van der Waals surface area contributed by atoms with Gasteiger partial charge in [0.25, 0.3) is 0 Å². The molecule has 4 rings (SSSR count). The molecule has 0 aromatic heterocycles. The van der Waals surface area contributed by atoms with Gasteiger partial charge in [-0.05, 0) is 48.1 Å². The van der Waals surface area contributed by atoms with Gasteiger partial charge in [0.15, 0.2) is 11.5 Å². The molecule has 0 bridgehead atoms. The second kappa shape index (κ2) is 7.36. The first-order valence-electron chi connectivity index (χ1n) is 9.24. The summed E-state index contributed by atoms with van der Waals surface area (Å²) in [5.41, 5.74) is -0.0322. The number of nitrogens with zero attached hydrogens (tertiary/aromatic N) is 1. The van der Waals surface area contributed by atoms with E-state index in [0.717, 1.165) is 29.9 Å². The molecule has 28 heavy (non-hydrogen) atoms. The van der Waals surface area contributed by atoms with Crippen LogP contribution >= 0.6 is 0 Å². The Morgan fingerprint density at radius 2 is 1.71 bits per heavy atom. The Bertz CT molecular complexity index is 987. The molecule has 1 radical (unpaired) electrons. The van der Waals surface area contributed by atoms with Crippen LogP contribution in [-0.2, 0) is 11.3 Å². The van der Waals surface area contributed by atoms with Crippen LogP contribution in [0.1, 0.15) is 36.4 Å². The first kappa shape index (κ1) is 18.6. The summed E-state index contributed by atoms with van der Waals surface area (Å²) < 4.78 is 39.9. The van der Waals surface area contributed by atoms with Crippen LogP contribution in [0.4, 0.5) is 13.2 Å². The van der Waals surface area contributed by atoms with Crippen LogP contribution in [0, 0.1) is 0 Å². The number of para-hydroxylation sites is 1. The number of hydrogen-bond donors (Lipinski definition) is 0. The molecular weight excluding hydrogens is 367 g/mol. The lowest BCUT2D eigenvalue weighted by atomic mass is 9.94. The van der Waals surface area contributed by atoms with Gasteiger partial charge in [0, 0.05) is 11.9 Å². The van der Waals surface area contributed by atoms with E-state index in [2.05, 4.69) is 0 Å². The molecule has 1 fully saturated rings. The molecule has 1 atom stereocenters. The fraction of sp³-hybridized carbons (Fsp3) is 0.273. The van der Waals surface area contributed by atoms with E-state index in [1.165, 1.54) is 18.2 Å². The highest BCUT2D eigenvalue weighted by Gasteiger charge is 2.36. The molecule has 1 aliphatic rings. The molecule has 0 saturated carbocycles. The molecular formula is C22H19F3NO2. The smallest absolute Gasteiger partial charge is 0.405 e. The summed E-state index contributed by atoms with van der Waals surface area (Å²) in [4.78, 5) is 5.74. The van der Waals surface area contributed by atoms with Crippen LogP contribution in [0.5, 0.6) is 11.5 Å². The summed E-state index contributed by atoms with van der Waals surface area (Å²) >= 11 is 0. The number of fused-ring (bicyclic) bond motifs is 1. The molecule has 0 spiro atoms. The Morgan fingerprint density at radius 3 is 2.54 bits per heavy atom. The van der Waals surface area contributed by atoms with Crippen molar-refractivity contribution in [1.29, 1.82) is 0 Å². The topological polar surface area (TPSA) is 32.4 Å². The number of rotatable bonds is 3. The second-order valence-electron chi connectivity index (χ2n) is 6.98. The maximum absolute atomic E-state index is 13.3. The largest absolute Gasteiger partial charge is 0.420 e. The third kappa shape index (κ3) is 3.64. The molecule has 3 aromatic rings. The van der Waals surface area contributed by atoms with Gasteiger partial charge < -0.3 is 4.84 Å². The quantitative estimate of drug-likeness (QED) is 0.513. The molecule has 3 nitrogen and oxygen atoms in total. The van der Waals surface area contributed by atoms with Crippen molar-refractivity contribution in [2.24, 2.45) is 0 Å². The summed E-state index contributed by atoms with van der Waals surface area (Å²) in [7, 11) is 0. The summed E-state index contributed by atoms with van der Waals surface area (Å²) in [6.07, 6.45) is -2.03. The Labute approximate surface area is 160 Å². The van der Waals surface area contributed by atoms with E-state index in [1.807, 2.05) is 24.3 Å². The molecule has 6 heteroatoms. The van der Waals surface area contributed by atoms with Gasteiger partial charge in [0.2, 0.25) is 0 Å². The molecule has 1 saturated heterocycles. The fourth-order valence-electron chi connectivity index (χ4n) is 3.74. The second-order valence-corrected chi connectivity index (χ2v) is 6.98. The average Bonchev–Trinajstić information content (AvgIpc) is 2.68. The van der Waals surface area contributed by atoms with E-state index < -0.39 is 11.7 Å². The van der Waals surface area contributed by atoms with Crippen molar-refractivity contribution in [1.82, 2.24) is 5.06 Å². The number of hydroxylamine groups is 2. The van der Waals surface area contributed by atoms with Crippen molar-refractivity contribution in [2.75, 3.05) is 6.54 Å². The molecule has 0 aliphatic carbocycles. The minimum atomic E-state index is -4.49. The molecule has 1 unspecified atom stereocenters. The third-order valence-corrected chi connectivity index (χ3v) is 5.09. The SMILES string of the molecule is [O]c1cc(C2CCCCN2Oc2ccccc2C(F)(F)F)cc2ccccc12. The van der Waals surface area contributed by atoms with Crippen LogP contribution in [0.15, 0.2) is 60.7 Å². The van der Waals surface area contributed by atoms with Crippen molar-refractivity contribution < 1.29 is 23.1 Å². The lowest BCUT2D eigenvalue weighted by Crippen LogP contribution is -2.36. The van der Waals surface area contributed by atoms with Crippen LogP contribution < -0.4 is 4.84 Å². The van der Waals surface area contributed by atoms with E-state index in [1.54, 1.807) is 17.2 Å². The monoisotopic (exact) mass is 386 g/mol. The zero-order chi connectivity index (χ0) is 19.7. The Kier molecular flexibility index (Phi) is 4.89. The summed E-state index contributed by atoms with van der Waals surface area (Å²) in [6, 6.07) is 15.8. The van der Waals surface area contributed by atoms with Crippen molar-refractivity contribution in [2.45, 2.75) is 31.5 Å². The number of hydrogen-bond acceptors (Lipinski definition) is 2. The van der Waals surface area contributed by atoms with Crippen molar-refractivity contribution in [3.05, 3.63) is 71.8 Å². The number of piperidine rings is 1. The highest BCUT2D eigenvalue weighted by Crippen LogP contribution is 2.40. The van der Waals surface area contributed by atoms with E-state index in [-0.39, 0.29) is 17.5 Å². The lowest BCUT2D eigenvalue weighted by molar-refractivity contribution is -0.150. The van der Waals surface area contributed by atoms with Gasteiger partial charge in [-0.15, -0.1) is 5.06 Å². The molecule has 1 heterocycles. The predicted molar refractivity (Wildman–Crippen MR) is 99.5 cm³/mol. The van der Waals surface area contributed by atoms with Crippen molar-refractivity contribution in [3.63, 3.8) is 0 Å². The minimum Gasteiger partial charge on any atom is -0.405 e. The Morgan fingerprint density at radius 1 is 0.964 bits per heavy atom. The minimum absolute atomic E-state index is 0.0886. The molecule has 145 valence electrons. The third-order valence-electron chi connectivity index (χ3n) is 5.09. The maximum Gasteiger partial charge on any atom is 0.420 e. The van der Waals surface area contributed by atoms with E-state index in [0.29, 0.717) is 18.4 Å². The van der Waals surface area contributed by atoms with Gasteiger partial charge in [-0.1, -0.05) is 42.8 Å². The fourth-order valence-corrected chi connectivity index (χ4v) is 3.74. The van der Waals surface area contributed by atoms with Crippen LogP contribution in [0.25, 0.3) is 10.8 Å². The molecule has 0 amide bonds. The molecule has 3 aromatic carbocycles. The maximum atomic E-state index is 13.3. The Balaban J connectivity index is 1.68. The van der Waals surface area contributed by atoms with E-state index in [9.17, 15) is 18.3 Å². The zero-order valence-electron chi connectivity index (χ0n) is 15.1. The number of halogens is 3. The zero-order valence-corrected chi connectivity index (χ0v) is 15.1. The summed E-state index contributed by atoms with van der Waals surface area (Å²) in [5, 5.41) is 15.5. The van der Waals surface area contributed by atoms with Crippen LogP contribution in [-0.4, -0.2) is 11.6 Å². The Hall–Kier alpha value is -2.73. The standard InChI is InChI=1S/C22H19F3NO2/c23-22(24,25)18-9-3-4-11-21(18)28-26-12-6-5-10-19(26)16-13-15-7-1-2-8-17(15)20(27)14-16/h1-4,7-9,11,13-14,19H,5-6,10,12H2. The van der Waals surface area contributed by atoms with Gasteiger partial charge in [-0.2, -0.15) is 13.2 Å². The highest BCUT2D eigenvalue weighted by molar-refractivity contribution is 5.88. The first-order valence-corrected chi connectivity index (χ1v) is 9.24. The average molecular weight is 386 g/mol. The molecule has 0 N–H and O–H groups in total. The van der Waals surface area contributed by atoms with Gasteiger partial charge in [0.1, 0.15) is 5.56 Å². The van der Waals surface area contributed by atoms with E-state index >= 15 is 0 Å². The van der Waals surface area contributed by atoms with Crippen LogP contribution in [0.2, 0.25) is 0 Å². The van der Waals surface area contributed by atoms with E-state index in [4.69, 9.17) is 4.84 Å². The van der Waals surface area contributed by atoms with Gasteiger partial charge in [-0.3, -0.25) is 5.11 Å². The molecule has 1 aliphatic heterocycles. The van der Waals surface area contributed by atoms with Crippen molar-refractivity contribution in [3.8, 4) is 11.5 Å². The normalized spacial score (nSPS) is 18.3. The summed E-state index contributed by atoms with van der Waals surface area (Å²) in [5.74, 6) is -0.306. The predicted octanol–water partition coefficient (Wildman–Crippen LogP) is 6.52. The van der Waals surface area contributed by atoms with Crippen molar-refractivity contribution >= 4 is 10.8 Å².